The van der Waals surface area contributed by atoms with E-state index in [1.165, 1.54) is 11.8 Å². The van der Waals surface area contributed by atoms with E-state index in [9.17, 15) is 4.79 Å². The molecule has 0 unspecified atom stereocenters. The van der Waals surface area contributed by atoms with Gasteiger partial charge in [-0.2, -0.15) is 0 Å². The highest BCUT2D eigenvalue weighted by molar-refractivity contribution is 7.99. The molecule has 1 fully saturated rings. The molecule has 1 aliphatic rings. The average Bonchev–Trinajstić information content (AvgIpc) is 3.18. The Kier molecular flexibility index (Phi) is 6.01. The summed E-state index contributed by atoms with van der Waals surface area (Å²) in [4.78, 5) is 12.8. The van der Waals surface area contributed by atoms with Crippen molar-refractivity contribution in [2.45, 2.75) is 30.5 Å². The molecule has 8 heteroatoms. The van der Waals surface area contributed by atoms with Gasteiger partial charge in [-0.15, -0.1) is 10.2 Å². The van der Waals surface area contributed by atoms with Crippen molar-refractivity contribution in [1.82, 2.24) is 19.7 Å². The molecule has 0 bridgehead atoms. The normalized spacial score (nSPS) is 14.8. The molecule has 0 saturated heterocycles. The predicted molar refractivity (Wildman–Crippen MR) is 79.7 cm³/mol. The Morgan fingerprint density at radius 3 is 2.81 bits per heavy atom. The summed E-state index contributed by atoms with van der Waals surface area (Å²) in [6.45, 7) is 2.84. The van der Waals surface area contributed by atoms with Gasteiger partial charge in [-0.3, -0.25) is 4.79 Å². The second kappa shape index (κ2) is 7.77. The monoisotopic (exact) mass is 314 g/mol. The van der Waals surface area contributed by atoms with Crippen LogP contribution < -0.4 is 0 Å². The number of carboxylic acids is 1. The number of aliphatic carboxylic acids is 1. The molecular weight excluding hydrogens is 292 g/mol. The van der Waals surface area contributed by atoms with E-state index in [-0.39, 0.29) is 5.75 Å². The van der Waals surface area contributed by atoms with Crippen molar-refractivity contribution >= 4 is 17.7 Å². The van der Waals surface area contributed by atoms with E-state index in [1.807, 2.05) is 18.7 Å². The summed E-state index contributed by atoms with van der Waals surface area (Å²) in [5, 5.41) is 17.8. The average molecular weight is 314 g/mol. The van der Waals surface area contributed by atoms with Crippen molar-refractivity contribution in [3.05, 3.63) is 5.82 Å². The van der Waals surface area contributed by atoms with Crippen LogP contribution in [0.2, 0.25) is 0 Å². The van der Waals surface area contributed by atoms with Gasteiger partial charge in [-0.25, -0.2) is 0 Å². The Balaban J connectivity index is 1.88. The third kappa shape index (κ3) is 5.29. The molecule has 1 aromatic heterocycles. The fourth-order valence-electron chi connectivity index (χ4n) is 1.89. The quantitative estimate of drug-likeness (QED) is 0.508. The van der Waals surface area contributed by atoms with E-state index in [1.54, 1.807) is 0 Å². The molecule has 0 radical (unpaired) electrons. The Labute approximate surface area is 128 Å². The molecule has 1 saturated carbocycles. The van der Waals surface area contributed by atoms with Crippen LogP contribution in [-0.2, 0) is 16.1 Å². The summed E-state index contributed by atoms with van der Waals surface area (Å²) >= 11 is 1.22. The van der Waals surface area contributed by atoms with Crippen molar-refractivity contribution in [2.24, 2.45) is 0 Å². The molecule has 0 atom stereocenters. The molecular formula is C13H22N4O3S. The summed E-state index contributed by atoms with van der Waals surface area (Å²) < 4.78 is 7.62. The Morgan fingerprint density at radius 2 is 2.19 bits per heavy atom. The van der Waals surface area contributed by atoms with Gasteiger partial charge < -0.3 is 19.3 Å². The van der Waals surface area contributed by atoms with Gasteiger partial charge in [0.05, 0.1) is 19.0 Å². The first-order valence-corrected chi connectivity index (χ1v) is 8.06. The second-order valence-electron chi connectivity index (χ2n) is 5.36. The van der Waals surface area contributed by atoms with Crippen LogP contribution in [0.15, 0.2) is 5.16 Å². The summed E-state index contributed by atoms with van der Waals surface area (Å²) in [5.74, 6) is 0.617. The Hall–Kier alpha value is -1.12. The molecule has 0 amide bonds. The maximum absolute atomic E-state index is 10.7. The van der Waals surface area contributed by atoms with Gasteiger partial charge in [-0.1, -0.05) is 11.8 Å². The van der Waals surface area contributed by atoms with Crippen LogP contribution in [0, 0.1) is 0 Å². The van der Waals surface area contributed by atoms with Gasteiger partial charge in [0.1, 0.15) is 5.82 Å². The van der Waals surface area contributed by atoms with E-state index in [0.717, 1.165) is 25.2 Å². The van der Waals surface area contributed by atoms with Gasteiger partial charge in [0.15, 0.2) is 5.16 Å². The van der Waals surface area contributed by atoms with Crippen molar-refractivity contribution in [2.75, 3.05) is 39.6 Å². The standard InChI is InChI=1S/C13H22N4O3S/c1-16(2)5-7-20-8-6-17-12(10-3-4-10)14-15-13(17)21-9-11(18)19/h10H,3-9H2,1-2H3,(H,18,19). The summed E-state index contributed by atoms with van der Waals surface area (Å²) in [6, 6.07) is 0. The molecule has 1 aliphatic carbocycles. The van der Waals surface area contributed by atoms with Gasteiger partial charge in [0.2, 0.25) is 0 Å². The van der Waals surface area contributed by atoms with Crippen LogP contribution in [0.5, 0.6) is 0 Å². The van der Waals surface area contributed by atoms with Gasteiger partial charge in [0, 0.05) is 19.0 Å². The number of hydrogen-bond donors (Lipinski definition) is 1. The molecule has 1 aromatic rings. The lowest BCUT2D eigenvalue weighted by atomic mass is 10.4. The lowest BCUT2D eigenvalue weighted by Crippen LogP contribution is -2.19. The van der Waals surface area contributed by atoms with Crippen LogP contribution >= 0.6 is 11.8 Å². The van der Waals surface area contributed by atoms with Crippen LogP contribution in [0.3, 0.4) is 0 Å². The van der Waals surface area contributed by atoms with Crippen molar-refractivity contribution < 1.29 is 14.6 Å². The molecule has 1 N–H and O–H groups in total. The number of likely N-dealkylation sites (N-methyl/N-ethyl adjacent to an activating group) is 1. The molecule has 21 heavy (non-hydrogen) atoms. The van der Waals surface area contributed by atoms with Gasteiger partial charge in [0.25, 0.3) is 0 Å². The minimum Gasteiger partial charge on any atom is -0.481 e. The van der Waals surface area contributed by atoms with Crippen LogP contribution in [0.25, 0.3) is 0 Å². The minimum absolute atomic E-state index is 0.00425. The molecule has 7 nitrogen and oxygen atoms in total. The third-order valence-corrected chi connectivity index (χ3v) is 4.11. The van der Waals surface area contributed by atoms with Crippen LogP contribution in [-0.4, -0.2) is 70.3 Å². The topological polar surface area (TPSA) is 80.5 Å². The number of carboxylic acid groups (broad SMARTS) is 1. The third-order valence-electron chi connectivity index (χ3n) is 3.15. The zero-order valence-electron chi connectivity index (χ0n) is 12.5. The molecule has 0 aliphatic heterocycles. The zero-order chi connectivity index (χ0) is 15.2. The number of rotatable bonds is 10. The lowest BCUT2D eigenvalue weighted by Gasteiger charge is -2.12. The number of thioether (sulfide) groups is 1. The number of hydrogen-bond acceptors (Lipinski definition) is 6. The molecule has 0 aromatic carbocycles. The first kappa shape index (κ1) is 16.3. The van der Waals surface area contributed by atoms with Crippen molar-refractivity contribution in [1.29, 1.82) is 0 Å². The van der Waals surface area contributed by atoms with E-state index in [0.29, 0.717) is 30.8 Å². The molecule has 118 valence electrons. The minimum atomic E-state index is -0.843. The van der Waals surface area contributed by atoms with Crippen molar-refractivity contribution in [3.8, 4) is 0 Å². The molecule has 2 rings (SSSR count). The van der Waals surface area contributed by atoms with Crippen LogP contribution in [0.1, 0.15) is 24.6 Å². The maximum Gasteiger partial charge on any atom is 0.313 e. The summed E-state index contributed by atoms with van der Waals surface area (Å²) in [7, 11) is 4.02. The summed E-state index contributed by atoms with van der Waals surface area (Å²) in [6.07, 6.45) is 2.28. The van der Waals surface area contributed by atoms with Gasteiger partial charge >= 0.3 is 5.97 Å². The highest BCUT2D eigenvalue weighted by atomic mass is 32.2. The van der Waals surface area contributed by atoms with E-state index < -0.39 is 5.97 Å². The Morgan fingerprint density at radius 1 is 1.43 bits per heavy atom. The fraction of sp³-hybridized carbons (Fsp3) is 0.769. The Bertz CT molecular complexity index is 474. The van der Waals surface area contributed by atoms with Crippen molar-refractivity contribution in [3.63, 3.8) is 0 Å². The highest BCUT2D eigenvalue weighted by Crippen LogP contribution is 2.39. The fourth-order valence-corrected chi connectivity index (χ4v) is 2.58. The smallest absolute Gasteiger partial charge is 0.313 e. The maximum atomic E-state index is 10.7. The van der Waals surface area contributed by atoms with E-state index in [2.05, 4.69) is 15.1 Å². The van der Waals surface area contributed by atoms with Gasteiger partial charge in [-0.05, 0) is 26.9 Å². The predicted octanol–water partition coefficient (Wildman–Crippen LogP) is 0.910. The van der Waals surface area contributed by atoms with E-state index >= 15 is 0 Å². The number of ether oxygens (including phenoxy) is 1. The number of aromatic nitrogens is 3. The largest absolute Gasteiger partial charge is 0.481 e. The highest BCUT2D eigenvalue weighted by Gasteiger charge is 2.30. The number of nitrogens with zero attached hydrogens (tertiary/aromatic N) is 4. The molecule has 1 heterocycles. The first-order valence-electron chi connectivity index (χ1n) is 7.08. The zero-order valence-corrected chi connectivity index (χ0v) is 13.3. The number of carbonyl (C=O) groups is 1. The lowest BCUT2D eigenvalue weighted by molar-refractivity contribution is -0.133. The van der Waals surface area contributed by atoms with E-state index in [4.69, 9.17) is 9.84 Å². The first-order chi connectivity index (χ1) is 10.1. The summed E-state index contributed by atoms with van der Waals surface area (Å²) in [5.41, 5.74) is 0. The second-order valence-corrected chi connectivity index (χ2v) is 6.31. The SMILES string of the molecule is CN(C)CCOCCn1c(SCC(=O)O)nnc1C1CC1. The molecule has 0 spiro atoms. The van der Waals surface area contributed by atoms with Crippen LogP contribution in [0.4, 0.5) is 0 Å².